The van der Waals surface area contributed by atoms with Crippen molar-refractivity contribution >= 4 is 5.69 Å². The second-order valence-electron chi connectivity index (χ2n) is 5.62. The lowest BCUT2D eigenvalue weighted by Crippen LogP contribution is -2.48. The summed E-state index contributed by atoms with van der Waals surface area (Å²) in [6.45, 7) is 7.99. The topological polar surface area (TPSA) is 15.3 Å². The molecular weight excluding hydrogens is 208 g/mol. The van der Waals surface area contributed by atoms with E-state index < -0.39 is 0 Å². The lowest BCUT2D eigenvalue weighted by Gasteiger charge is -2.40. The number of anilines is 1. The van der Waals surface area contributed by atoms with Crippen LogP contribution in [-0.2, 0) is 0 Å². The predicted octanol–water partition coefficient (Wildman–Crippen LogP) is 3.14. The van der Waals surface area contributed by atoms with Crippen molar-refractivity contribution in [2.75, 3.05) is 18.9 Å². The van der Waals surface area contributed by atoms with E-state index in [2.05, 4.69) is 62.3 Å². The van der Waals surface area contributed by atoms with E-state index in [0.717, 1.165) is 0 Å². The van der Waals surface area contributed by atoms with Crippen molar-refractivity contribution in [3.8, 4) is 0 Å². The first-order valence-electron chi connectivity index (χ1n) is 6.59. The van der Waals surface area contributed by atoms with Gasteiger partial charge in [-0.15, -0.1) is 0 Å². The molecule has 3 atom stereocenters. The third-order valence-electron chi connectivity index (χ3n) is 3.98. The van der Waals surface area contributed by atoms with Crippen molar-refractivity contribution in [3.63, 3.8) is 0 Å². The molecule has 1 heterocycles. The molecule has 17 heavy (non-hydrogen) atoms. The summed E-state index contributed by atoms with van der Waals surface area (Å²) in [6.07, 6.45) is 1.23. The van der Waals surface area contributed by atoms with E-state index in [4.69, 9.17) is 0 Å². The Morgan fingerprint density at radius 2 is 2.06 bits per heavy atom. The Morgan fingerprint density at radius 1 is 1.29 bits per heavy atom. The van der Waals surface area contributed by atoms with E-state index in [-0.39, 0.29) is 0 Å². The van der Waals surface area contributed by atoms with Gasteiger partial charge in [0.1, 0.15) is 0 Å². The molecule has 0 aromatic heterocycles. The molecule has 1 aromatic carbocycles. The summed E-state index contributed by atoms with van der Waals surface area (Å²) in [5.74, 6) is 0.705. The Kier molecular flexibility index (Phi) is 3.72. The molecule has 0 saturated carbocycles. The Bertz CT molecular complexity index is 375. The molecule has 3 unspecified atom stereocenters. The van der Waals surface area contributed by atoms with E-state index in [0.29, 0.717) is 18.0 Å². The van der Waals surface area contributed by atoms with Gasteiger partial charge in [0.05, 0.1) is 0 Å². The standard InChI is InChI=1S/C15H24N2/c1-11-6-5-7-14(8-11)16-15-9-13(3)17(4)10-12(15)2/h5-8,12-13,15-16H,9-10H2,1-4H3. The summed E-state index contributed by atoms with van der Waals surface area (Å²) in [6, 6.07) is 9.95. The van der Waals surface area contributed by atoms with Crippen LogP contribution in [0.4, 0.5) is 5.69 Å². The van der Waals surface area contributed by atoms with Crippen LogP contribution >= 0.6 is 0 Å². The van der Waals surface area contributed by atoms with Crippen LogP contribution in [-0.4, -0.2) is 30.6 Å². The fourth-order valence-corrected chi connectivity index (χ4v) is 2.69. The molecule has 1 aromatic rings. The molecule has 1 saturated heterocycles. The first kappa shape index (κ1) is 12.4. The minimum atomic E-state index is 0.600. The number of nitrogens with zero attached hydrogens (tertiary/aromatic N) is 1. The zero-order chi connectivity index (χ0) is 12.4. The highest BCUT2D eigenvalue weighted by Crippen LogP contribution is 2.24. The van der Waals surface area contributed by atoms with E-state index in [9.17, 15) is 0 Å². The first-order chi connectivity index (χ1) is 8.06. The maximum atomic E-state index is 3.70. The Hall–Kier alpha value is -1.02. The Balaban J connectivity index is 2.03. The van der Waals surface area contributed by atoms with Crippen LogP contribution in [0, 0.1) is 12.8 Å². The molecule has 0 aliphatic carbocycles. The van der Waals surface area contributed by atoms with Crippen molar-refractivity contribution in [3.05, 3.63) is 29.8 Å². The third kappa shape index (κ3) is 3.01. The molecule has 94 valence electrons. The number of hydrogen-bond acceptors (Lipinski definition) is 2. The maximum Gasteiger partial charge on any atom is 0.0345 e. The van der Waals surface area contributed by atoms with Gasteiger partial charge < -0.3 is 10.2 Å². The molecule has 0 radical (unpaired) electrons. The largest absolute Gasteiger partial charge is 0.382 e. The number of nitrogens with one attached hydrogen (secondary N) is 1. The lowest BCUT2D eigenvalue weighted by atomic mass is 9.89. The van der Waals surface area contributed by atoms with Crippen molar-refractivity contribution in [2.24, 2.45) is 5.92 Å². The van der Waals surface area contributed by atoms with Gasteiger partial charge >= 0.3 is 0 Å². The molecule has 1 N–H and O–H groups in total. The second kappa shape index (κ2) is 5.09. The molecule has 1 aliphatic rings. The number of benzene rings is 1. The van der Waals surface area contributed by atoms with Gasteiger partial charge in [-0.3, -0.25) is 0 Å². The SMILES string of the molecule is Cc1cccc(NC2CC(C)N(C)CC2C)c1. The fraction of sp³-hybridized carbons (Fsp3) is 0.600. The minimum absolute atomic E-state index is 0.600. The Morgan fingerprint density at radius 3 is 2.76 bits per heavy atom. The smallest absolute Gasteiger partial charge is 0.0345 e. The quantitative estimate of drug-likeness (QED) is 0.842. The number of hydrogen-bond donors (Lipinski definition) is 1. The summed E-state index contributed by atoms with van der Waals surface area (Å²) in [5.41, 5.74) is 2.59. The van der Waals surface area contributed by atoms with Gasteiger partial charge in [-0.1, -0.05) is 19.1 Å². The summed E-state index contributed by atoms with van der Waals surface area (Å²) >= 11 is 0. The number of likely N-dealkylation sites (tertiary alicyclic amines) is 1. The molecule has 0 amide bonds. The van der Waals surface area contributed by atoms with Gasteiger partial charge in [-0.2, -0.15) is 0 Å². The van der Waals surface area contributed by atoms with Crippen LogP contribution in [0.1, 0.15) is 25.8 Å². The molecule has 0 spiro atoms. The number of rotatable bonds is 2. The van der Waals surface area contributed by atoms with E-state index in [1.165, 1.54) is 24.2 Å². The zero-order valence-electron chi connectivity index (χ0n) is 11.4. The fourth-order valence-electron chi connectivity index (χ4n) is 2.69. The van der Waals surface area contributed by atoms with Gasteiger partial charge in [-0.05, 0) is 50.9 Å². The van der Waals surface area contributed by atoms with Crippen molar-refractivity contribution in [1.82, 2.24) is 4.90 Å². The van der Waals surface area contributed by atoms with Crippen LogP contribution in [0.5, 0.6) is 0 Å². The highest BCUT2D eigenvalue weighted by molar-refractivity contribution is 5.46. The zero-order valence-corrected chi connectivity index (χ0v) is 11.4. The molecule has 2 heteroatoms. The molecule has 2 rings (SSSR count). The van der Waals surface area contributed by atoms with Crippen LogP contribution in [0.2, 0.25) is 0 Å². The lowest BCUT2D eigenvalue weighted by molar-refractivity contribution is 0.145. The average molecular weight is 232 g/mol. The normalized spacial score (nSPS) is 30.2. The number of piperidine rings is 1. The molecule has 2 nitrogen and oxygen atoms in total. The van der Waals surface area contributed by atoms with Gasteiger partial charge in [0, 0.05) is 24.3 Å². The van der Waals surface area contributed by atoms with Crippen LogP contribution in [0.3, 0.4) is 0 Å². The molecule has 1 aliphatic heterocycles. The van der Waals surface area contributed by atoms with Crippen LogP contribution in [0.25, 0.3) is 0 Å². The number of aryl methyl sites for hydroxylation is 1. The minimum Gasteiger partial charge on any atom is -0.382 e. The van der Waals surface area contributed by atoms with Crippen molar-refractivity contribution in [2.45, 2.75) is 39.3 Å². The first-order valence-corrected chi connectivity index (χ1v) is 6.59. The van der Waals surface area contributed by atoms with Crippen LogP contribution < -0.4 is 5.32 Å². The van der Waals surface area contributed by atoms with Crippen molar-refractivity contribution in [1.29, 1.82) is 0 Å². The van der Waals surface area contributed by atoms with Gasteiger partial charge in [0.2, 0.25) is 0 Å². The van der Waals surface area contributed by atoms with Crippen LogP contribution in [0.15, 0.2) is 24.3 Å². The molecular formula is C15H24N2. The third-order valence-corrected chi connectivity index (χ3v) is 3.98. The highest BCUT2D eigenvalue weighted by atomic mass is 15.2. The van der Waals surface area contributed by atoms with E-state index in [1.54, 1.807) is 0 Å². The monoisotopic (exact) mass is 232 g/mol. The highest BCUT2D eigenvalue weighted by Gasteiger charge is 2.28. The van der Waals surface area contributed by atoms with Gasteiger partial charge in [0.25, 0.3) is 0 Å². The van der Waals surface area contributed by atoms with E-state index >= 15 is 0 Å². The van der Waals surface area contributed by atoms with Gasteiger partial charge in [-0.25, -0.2) is 0 Å². The predicted molar refractivity (Wildman–Crippen MR) is 74.5 cm³/mol. The van der Waals surface area contributed by atoms with Crippen molar-refractivity contribution < 1.29 is 0 Å². The van der Waals surface area contributed by atoms with E-state index in [1.807, 2.05) is 0 Å². The summed E-state index contributed by atoms with van der Waals surface area (Å²) < 4.78 is 0. The molecule has 1 fully saturated rings. The van der Waals surface area contributed by atoms with Gasteiger partial charge in [0.15, 0.2) is 0 Å². The summed E-state index contributed by atoms with van der Waals surface area (Å²) in [7, 11) is 2.23. The Labute approximate surface area is 105 Å². The summed E-state index contributed by atoms with van der Waals surface area (Å²) in [4.78, 5) is 2.46. The maximum absolute atomic E-state index is 3.70. The average Bonchev–Trinajstić information content (AvgIpc) is 2.26. The second-order valence-corrected chi connectivity index (χ2v) is 5.62. The summed E-state index contributed by atoms with van der Waals surface area (Å²) in [5, 5.41) is 3.70. The molecule has 0 bridgehead atoms.